The number of carbonyl (C=O) groups excluding carboxylic acids is 1. The van der Waals surface area contributed by atoms with Crippen LogP contribution in [0.15, 0.2) is 52.4 Å². The number of amidine groups is 1. The largest absolute Gasteiger partial charge is 0.368 e. The van der Waals surface area contributed by atoms with Crippen molar-refractivity contribution in [2.75, 3.05) is 40.3 Å². The van der Waals surface area contributed by atoms with Crippen molar-refractivity contribution in [2.24, 2.45) is 4.99 Å². The van der Waals surface area contributed by atoms with Crippen LogP contribution in [0.2, 0.25) is 10.0 Å². The number of rotatable bonds is 10. The van der Waals surface area contributed by atoms with Gasteiger partial charge in [0.15, 0.2) is 0 Å². The van der Waals surface area contributed by atoms with Crippen molar-refractivity contribution >= 4 is 57.4 Å². The molecule has 34 heavy (non-hydrogen) atoms. The molecule has 1 aliphatic heterocycles. The summed E-state index contributed by atoms with van der Waals surface area (Å²) in [6, 6.07) is 12.7. The molecule has 2 aromatic rings. The third kappa shape index (κ3) is 7.09. The number of benzene rings is 2. The molecule has 0 fully saturated rings. The number of nitrogens with zero attached hydrogens (tertiary/aromatic N) is 3. The number of carbonyl (C=O) groups is 1. The van der Waals surface area contributed by atoms with Gasteiger partial charge in [-0.1, -0.05) is 53.5 Å². The fourth-order valence-electron chi connectivity index (χ4n) is 3.46. The second-order valence-corrected chi connectivity index (χ2v) is 10.7. The fourth-order valence-corrected chi connectivity index (χ4v) is 5.40. The highest BCUT2D eigenvalue weighted by Gasteiger charge is 2.24. The highest BCUT2D eigenvalue weighted by Crippen LogP contribution is 2.30. The predicted octanol–water partition coefficient (Wildman–Crippen LogP) is 3.87. The summed E-state index contributed by atoms with van der Waals surface area (Å²) < 4.78 is 26.7. The van der Waals surface area contributed by atoms with E-state index in [1.54, 1.807) is 18.0 Å². The van der Waals surface area contributed by atoms with Crippen molar-refractivity contribution in [1.29, 1.82) is 0 Å². The molecule has 0 radical (unpaired) electrons. The molecule has 0 bridgehead atoms. The van der Waals surface area contributed by atoms with E-state index in [2.05, 4.69) is 22.4 Å². The molecular formula is C23H29Cl3N4O3S. The Hall–Kier alpha value is -1.84. The SMILES string of the molecule is CN(CCc1ccc(C2=NCCN2)cc1)C(=O)CCCN(C)S(=O)(=O)c1cccc(Cl)c1Cl.Cl. The van der Waals surface area contributed by atoms with E-state index < -0.39 is 10.0 Å². The first kappa shape index (κ1) is 28.4. The van der Waals surface area contributed by atoms with Crippen molar-refractivity contribution in [3.05, 3.63) is 63.6 Å². The van der Waals surface area contributed by atoms with Crippen LogP contribution >= 0.6 is 35.6 Å². The summed E-state index contributed by atoms with van der Waals surface area (Å²) >= 11 is 12.0. The molecule has 0 saturated carbocycles. The normalized spacial score (nSPS) is 13.3. The Labute approximate surface area is 217 Å². The van der Waals surface area contributed by atoms with Gasteiger partial charge in [-0.3, -0.25) is 9.79 Å². The highest BCUT2D eigenvalue weighted by molar-refractivity contribution is 7.89. The number of likely N-dealkylation sites (N-methyl/N-ethyl adjacent to an activating group) is 1. The van der Waals surface area contributed by atoms with Crippen molar-refractivity contribution in [3.8, 4) is 0 Å². The summed E-state index contributed by atoms with van der Waals surface area (Å²) in [5, 5.41) is 3.44. The minimum Gasteiger partial charge on any atom is -0.368 e. The van der Waals surface area contributed by atoms with E-state index >= 15 is 0 Å². The molecule has 0 spiro atoms. The molecule has 1 amide bonds. The van der Waals surface area contributed by atoms with Crippen LogP contribution in [0.25, 0.3) is 0 Å². The van der Waals surface area contributed by atoms with Crippen molar-refractivity contribution in [1.82, 2.24) is 14.5 Å². The molecule has 1 aliphatic rings. The molecule has 11 heteroatoms. The highest BCUT2D eigenvalue weighted by atomic mass is 35.5. The first-order valence-corrected chi connectivity index (χ1v) is 12.9. The molecule has 7 nitrogen and oxygen atoms in total. The number of aliphatic imine (C=N–C) groups is 1. The van der Waals surface area contributed by atoms with Crippen LogP contribution in [-0.2, 0) is 21.2 Å². The van der Waals surface area contributed by atoms with Gasteiger partial charge in [-0.2, -0.15) is 0 Å². The number of hydrogen-bond acceptors (Lipinski definition) is 5. The Morgan fingerprint density at radius 3 is 2.44 bits per heavy atom. The number of hydrogen-bond donors (Lipinski definition) is 1. The van der Waals surface area contributed by atoms with Crippen molar-refractivity contribution < 1.29 is 13.2 Å². The van der Waals surface area contributed by atoms with E-state index in [1.807, 2.05) is 12.1 Å². The van der Waals surface area contributed by atoms with Gasteiger partial charge < -0.3 is 10.2 Å². The van der Waals surface area contributed by atoms with Gasteiger partial charge in [0, 0.05) is 45.7 Å². The Morgan fingerprint density at radius 1 is 1.09 bits per heavy atom. The van der Waals surface area contributed by atoms with Gasteiger partial charge in [-0.15, -0.1) is 12.4 Å². The molecule has 1 N–H and O–H groups in total. The van der Waals surface area contributed by atoms with Gasteiger partial charge >= 0.3 is 0 Å². The lowest BCUT2D eigenvalue weighted by Gasteiger charge is -2.20. The van der Waals surface area contributed by atoms with E-state index in [4.69, 9.17) is 23.2 Å². The van der Waals surface area contributed by atoms with Crippen LogP contribution in [0.1, 0.15) is 24.0 Å². The fraction of sp³-hybridized carbons (Fsp3) is 0.391. The van der Waals surface area contributed by atoms with Crippen LogP contribution in [-0.4, -0.2) is 69.6 Å². The van der Waals surface area contributed by atoms with Crippen LogP contribution < -0.4 is 5.32 Å². The summed E-state index contributed by atoms with van der Waals surface area (Å²) in [5.41, 5.74) is 2.21. The maximum Gasteiger partial charge on any atom is 0.244 e. The lowest BCUT2D eigenvalue weighted by Crippen LogP contribution is -2.31. The maximum absolute atomic E-state index is 12.8. The molecule has 0 unspecified atom stereocenters. The summed E-state index contributed by atoms with van der Waals surface area (Å²) in [5.74, 6) is 0.904. The summed E-state index contributed by atoms with van der Waals surface area (Å²) in [4.78, 5) is 18.5. The minimum atomic E-state index is -3.79. The van der Waals surface area contributed by atoms with Crippen LogP contribution in [0.4, 0.5) is 0 Å². The summed E-state index contributed by atoms with van der Waals surface area (Å²) in [6.07, 6.45) is 1.40. The average molecular weight is 548 g/mol. The number of amides is 1. The third-order valence-electron chi connectivity index (χ3n) is 5.53. The standard InChI is InChI=1S/C23H28Cl2N4O3S.ClH/c1-28(16-12-17-8-10-18(11-9-17)23-26-13-14-27-23)21(30)7-4-15-29(2)33(31,32)20-6-3-5-19(24)22(20)25;/h3,5-6,8-11H,4,7,12-16H2,1-2H3,(H,26,27);1H. The Balaban J connectivity index is 0.00000408. The Morgan fingerprint density at radius 2 is 1.79 bits per heavy atom. The number of halogens is 3. The van der Waals surface area contributed by atoms with Crippen LogP contribution in [0, 0.1) is 0 Å². The zero-order valence-corrected chi connectivity index (χ0v) is 22.3. The first-order valence-electron chi connectivity index (χ1n) is 10.7. The molecule has 2 aromatic carbocycles. The van der Waals surface area contributed by atoms with Gasteiger partial charge in [0.1, 0.15) is 10.7 Å². The Kier molecular flexibility index (Phi) is 10.6. The second kappa shape index (κ2) is 12.7. The quantitative estimate of drug-likeness (QED) is 0.490. The lowest BCUT2D eigenvalue weighted by molar-refractivity contribution is -0.130. The molecule has 0 aliphatic carbocycles. The summed E-state index contributed by atoms with van der Waals surface area (Å²) in [6.45, 7) is 2.47. The third-order valence-corrected chi connectivity index (χ3v) is 8.36. The number of nitrogens with one attached hydrogen (secondary N) is 1. The van der Waals surface area contributed by atoms with Gasteiger partial charge in [0.25, 0.3) is 0 Å². The van der Waals surface area contributed by atoms with Gasteiger partial charge in [0.05, 0.1) is 16.6 Å². The minimum absolute atomic E-state index is 0. The molecule has 3 rings (SSSR count). The average Bonchev–Trinajstić information content (AvgIpc) is 3.34. The van der Waals surface area contributed by atoms with E-state index in [0.717, 1.165) is 36.5 Å². The van der Waals surface area contributed by atoms with E-state index in [0.29, 0.717) is 13.0 Å². The van der Waals surface area contributed by atoms with Gasteiger partial charge in [-0.25, -0.2) is 12.7 Å². The summed E-state index contributed by atoms with van der Waals surface area (Å²) in [7, 11) is -0.554. The molecule has 0 saturated heterocycles. The van der Waals surface area contributed by atoms with Crippen molar-refractivity contribution in [3.63, 3.8) is 0 Å². The first-order chi connectivity index (χ1) is 15.7. The topological polar surface area (TPSA) is 82.1 Å². The molecule has 186 valence electrons. The monoisotopic (exact) mass is 546 g/mol. The van der Waals surface area contributed by atoms with Crippen LogP contribution in [0.3, 0.4) is 0 Å². The van der Waals surface area contributed by atoms with Gasteiger partial charge in [0.2, 0.25) is 15.9 Å². The van der Waals surface area contributed by atoms with Gasteiger partial charge in [-0.05, 0) is 30.5 Å². The molecule has 1 heterocycles. The van der Waals surface area contributed by atoms with Crippen LogP contribution in [0.5, 0.6) is 0 Å². The lowest BCUT2D eigenvalue weighted by atomic mass is 10.1. The molecule has 0 aromatic heterocycles. The zero-order chi connectivity index (χ0) is 24.0. The number of sulfonamides is 1. The predicted molar refractivity (Wildman–Crippen MR) is 140 cm³/mol. The maximum atomic E-state index is 12.8. The van der Waals surface area contributed by atoms with E-state index in [9.17, 15) is 13.2 Å². The smallest absolute Gasteiger partial charge is 0.244 e. The van der Waals surface area contributed by atoms with E-state index in [-0.39, 0.29) is 46.2 Å². The molecular weight excluding hydrogens is 519 g/mol. The Bertz CT molecular complexity index is 1120. The molecule has 0 atom stereocenters. The zero-order valence-electron chi connectivity index (χ0n) is 19.1. The van der Waals surface area contributed by atoms with Crippen molar-refractivity contribution in [2.45, 2.75) is 24.2 Å². The second-order valence-electron chi connectivity index (χ2n) is 7.90. The van der Waals surface area contributed by atoms with E-state index in [1.165, 1.54) is 23.5 Å².